The highest BCUT2D eigenvalue weighted by Crippen LogP contribution is 2.33. The lowest BCUT2D eigenvalue weighted by Crippen LogP contribution is -2.48. The van der Waals surface area contributed by atoms with Crippen molar-refractivity contribution < 1.29 is 4.79 Å². The molecule has 2 heterocycles. The third-order valence-electron chi connectivity index (χ3n) is 6.00. The topological polar surface area (TPSA) is 44.4 Å². The van der Waals surface area contributed by atoms with E-state index in [9.17, 15) is 4.79 Å². The number of fused-ring (bicyclic) bond motifs is 1. The Hall–Kier alpha value is -1.39. The van der Waals surface area contributed by atoms with Crippen molar-refractivity contribution in [2.75, 3.05) is 13.1 Å². The van der Waals surface area contributed by atoms with Crippen molar-refractivity contribution in [1.29, 1.82) is 0 Å². The Labute approximate surface area is 138 Å². The van der Waals surface area contributed by atoms with Crippen LogP contribution in [0.4, 0.5) is 0 Å². The van der Waals surface area contributed by atoms with Gasteiger partial charge in [0, 0.05) is 25.0 Å². The minimum absolute atomic E-state index is 0.00391. The van der Waals surface area contributed by atoms with Gasteiger partial charge in [0.1, 0.15) is 6.04 Å². The predicted octanol–water partition coefficient (Wildman–Crippen LogP) is 2.43. The summed E-state index contributed by atoms with van der Waals surface area (Å²) < 4.78 is 0. The Balaban J connectivity index is 1.40. The number of carbonyl (C=O) groups excluding carboxylic acids is 1. The highest BCUT2D eigenvalue weighted by molar-refractivity contribution is 5.82. The van der Waals surface area contributed by atoms with E-state index in [0.29, 0.717) is 23.8 Å². The van der Waals surface area contributed by atoms with Gasteiger partial charge in [0.25, 0.3) is 0 Å². The van der Waals surface area contributed by atoms with E-state index in [-0.39, 0.29) is 6.04 Å². The number of nitrogens with zero attached hydrogens (tertiary/aromatic N) is 1. The van der Waals surface area contributed by atoms with Gasteiger partial charge in [0.05, 0.1) is 0 Å². The van der Waals surface area contributed by atoms with Crippen LogP contribution in [0.3, 0.4) is 0 Å². The first-order valence-corrected chi connectivity index (χ1v) is 9.18. The van der Waals surface area contributed by atoms with Gasteiger partial charge < -0.3 is 4.90 Å². The lowest BCUT2D eigenvalue weighted by Gasteiger charge is -2.26. The molecule has 2 aliphatic heterocycles. The van der Waals surface area contributed by atoms with Gasteiger partial charge in [0.15, 0.2) is 0 Å². The molecule has 23 heavy (non-hydrogen) atoms. The van der Waals surface area contributed by atoms with E-state index in [1.807, 2.05) is 0 Å². The summed E-state index contributed by atoms with van der Waals surface area (Å²) in [5.74, 6) is 1.42. The first-order valence-electron chi connectivity index (χ1n) is 9.18. The van der Waals surface area contributed by atoms with Gasteiger partial charge >= 0.3 is 0 Å². The van der Waals surface area contributed by atoms with Crippen LogP contribution in [0.15, 0.2) is 30.3 Å². The van der Waals surface area contributed by atoms with E-state index >= 15 is 0 Å². The summed E-state index contributed by atoms with van der Waals surface area (Å²) >= 11 is 0. The maximum absolute atomic E-state index is 13.0. The van der Waals surface area contributed by atoms with Crippen molar-refractivity contribution >= 4 is 5.91 Å². The second-order valence-corrected chi connectivity index (χ2v) is 7.33. The standard InChI is InChI=1S/C19H27N3O/c23-19(18-16-9-4-10-17(16)20-21-18)22-12-5-8-15(11-13-22)14-6-2-1-3-7-14/h1-3,6-7,15-18,20-21H,4-5,8-13H2. The Morgan fingerprint density at radius 2 is 1.83 bits per heavy atom. The SMILES string of the molecule is O=C(C1NNC2CCCC21)N1CCCC(c2ccccc2)CC1. The number of hydrogen-bond acceptors (Lipinski definition) is 3. The van der Waals surface area contributed by atoms with Crippen LogP contribution in [-0.4, -0.2) is 36.0 Å². The lowest BCUT2D eigenvalue weighted by molar-refractivity contribution is -0.134. The molecule has 2 saturated heterocycles. The predicted molar refractivity (Wildman–Crippen MR) is 90.8 cm³/mol. The van der Waals surface area contributed by atoms with Crippen molar-refractivity contribution in [3.63, 3.8) is 0 Å². The maximum Gasteiger partial charge on any atom is 0.241 e. The minimum Gasteiger partial charge on any atom is -0.341 e. The zero-order chi connectivity index (χ0) is 15.6. The first-order chi connectivity index (χ1) is 11.3. The maximum atomic E-state index is 13.0. The summed E-state index contributed by atoms with van der Waals surface area (Å²) in [6.45, 7) is 1.81. The van der Waals surface area contributed by atoms with Crippen molar-refractivity contribution in [2.45, 2.75) is 56.5 Å². The monoisotopic (exact) mass is 313 g/mol. The zero-order valence-electron chi connectivity index (χ0n) is 13.7. The summed E-state index contributed by atoms with van der Waals surface area (Å²) in [7, 11) is 0. The molecule has 124 valence electrons. The molecule has 4 nitrogen and oxygen atoms in total. The summed E-state index contributed by atoms with van der Waals surface area (Å²) in [5, 5.41) is 0. The number of likely N-dealkylation sites (tertiary alicyclic amines) is 1. The third-order valence-corrected chi connectivity index (χ3v) is 6.00. The van der Waals surface area contributed by atoms with Gasteiger partial charge in [-0.25, -0.2) is 5.43 Å². The second-order valence-electron chi connectivity index (χ2n) is 7.33. The van der Waals surface area contributed by atoms with Crippen LogP contribution >= 0.6 is 0 Å². The highest BCUT2D eigenvalue weighted by atomic mass is 16.2. The van der Waals surface area contributed by atoms with Gasteiger partial charge in [-0.1, -0.05) is 36.8 Å². The number of hydrogen-bond donors (Lipinski definition) is 2. The smallest absolute Gasteiger partial charge is 0.241 e. The van der Waals surface area contributed by atoms with Crippen LogP contribution in [-0.2, 0) is 4.79 Å². The van der Waals surface area contributed by atoms with Gasteiger partial charge in [-0.3, -0.25) is 10.2 Å². The molecule has 0 aromatic heterocycles. The summed E-state index contributed by atoms with van der Waals surface area (Å²) in [6, 6.07) is 11.3. The quantitative estimate of drug-likeness (QED) is 0.881. The van der Waals surface area contributed by atoms with Gasteiger partial charge in [0.2, 0.25) is 5.91 Å². The van der Waals surface area contributed by atoms with E-state index in [2.05, 4.69) is 46.1 Å². The number of nitrogens with one attached hydrogen (secondary N) is 2. The summed E-state index contributed by atoms with van der Waals surface area (Å²) in [5.41, 5.74) is 8.05. The summed E-state index contributed by atoms with van der Waals surface area (Å²) in [6.07, 6.45) is 7.03. The molecule has 2 N–H and O–H groups in total. The van der Waals surface area contributed by atoms with Crippen LogP contribution in [0.5, 0.6) is 0 Å². The van der Waals surface area contributed by atoms with Crippen molar-refractivity contribution in [2.24, 2.45) is 5.92 Å². The molecule has 4 heteroatoms. The molecule has 1 saturated carbocycles. The van der Waals surface area contributed by atoms with Crippen LogP contribution in [0, 0.1) is 5.92 Å². The fourth-order valence-electron chi connectivity index (χ4n) is 4.69. The normalized spacial score (nSPS) is 34.2. The fourth-order valence-corrected chi connectivity index (χ4v) is 4.69. The van der Waals surface area contributed by atoms with Crippen molar-refractivity contribution in [1.82, 2.24) is 15.8 Å². The Bertz CT molecular complexity index is 547. The number of benzene rings is 1. The molecule has 0 bridgehead atoms. The highest BCUT2D eigenvalue weighted by Gasteiger charge is 2.44. The molecule has 4 unspecified atom stereocenters. The van der Waals surface area contributed by atoms with Crippen LogP contribution in [0.1, 0.15) is 50.0 Å². The number of hydrazine groups is 1. The van der Waals surface area contributed by atoms with E-state index in [4.69, 9.17) is 0 Å². The van der Waals surface area contributed by atoms with Crippen molar-refractivity contribution in [3.8, 4) is 0 Å². The lowest BCUT2D eigenvalue weighted by atomic mass is 9.92. The van der Waals surface area contributed by atoms with E-state index in [0.717, 1.165) is 25.9 Å². The Morgan fingerprint density at radius 1 is 0.957 bits per heavy atom. The molecule has 1 amide bonds. The molecule has 1 aliphatic carbocycles. The van der Waals surface area contributed by atoms with Crippen LogP contribution in [0.25, 0.3) is 0 Å². The molecule has 3 aliphatic rings. The van der Waals surface area contributed by atoms with Crippen LogP contribution < -0.4 is 10.9 Å². The van der Waals surface area contributed by atoms with Crippen LogP contribution in [0.2, 0.25) is 0 Å². The molecule has 1 aromatic carbocycles. The fraction of sp³-hybridized carbons (Fsp3) is 0.632. The number of carbonyl (C=O) groups is 1. The molecule has 4 atom stereocenters. The Morgan fingerprint density at radius 3 is 2.70 bits per heavy atom. The van der Waals surface area contributed by atoms with Crippen molar-refractivity contribution in [3.05, 3.63) is 35.9 Å². The van der Waals surface area contributed by atoms with Gasteiger partial charge in [-0.15, -0.1) is 0 Å². The second kappa shape index (κ2) is 6.62. The minimum atomic E-state index is -0.00391. The number of rotatable bonds is 2. The average molecular weight is 313 g/mol. The molecular formula is C19H27N3O. The molecule has 3 fully saturated rings. The van der Waals surface area contributed by atoms with Gasteiger partial charge in [-0.05, 0) is 43.6 Å². The third kappa shape index (κ3) is 3.02. The van der Waals surface area contributed by atoms with E-state index in [1.54, 1.807) is 0 Å². The van der Waals surface area contributed by atoms with E-state index in [1.165, 1.54) is 31.2 Å². The molecule has 0 spiro atoms. The zero-order valence-corrected chi connectivity index (χ0v) is 13.7. The molecule has 4 rings (SSSR count). The van der Waals surface area contributed by atoms with E-state index < -0.39 is 0 Å². The summed E-state index contributed by atoms with van der Waals surface area (Å²) in [4.78, 5) is 15.1. The molecule has 0 radical (unpaired) electrons. The Kier molecular flexibility index (Phi) is 4.36. The average Bonchev–Trinajstić information content (AvgIpc) is 3.11. The number of amides is 1. The first kappa shape index (κ1) is 15.2. The molecular weight excluding hydrogens is 286 g/mol. The van der Waals surface area contributed by atoms with Gasteiger partial charge in [-0.2, -0.15) is 0 Å². The molecule has 1 aromatic rings. The largest absolute Gasteiger partial charge is 0.341 e.